The number of rotatable bonds is 4. The van der Waals surface area contributed by atoms with Crippen LogP contribution in [0.1, 0.15) is 18.4 Å². The number of halogens is 1. The molecule has 0 bridgehead atoms. The van der Waals surface area contributed by atoms with Gasteiger partial charge in [-0.15, -0.1) is 11.6 Å². The summed E-state index contributed by atoms with van der Waals surface area (Å²) in [7, 11) is 1.95. The lowest BCUT2D eigenvalue weighted by Crippen LogP contribution is -2.44. The van der Waals surface area contributed by atoms with Crippen molar-refractivity contribution in [2.45, 2.75) is 32.4 Å². The Morgan fingerprint density at radius 3 is 2.95 bits per heavy atom. The Morgan fingerprint density at radius 2 is 2.24 bits per heavy atom. The fourth-order valence-electron chi connectivity index (χ4n) is 3.06. The molecule has 6 nitrogen and oxygen atoms in total. The molecule has 7 heteroatoms. The monoisotopic (exact) mass is 311 g/mol. The Hall–Kier alpha value is -1.11. The molecule has 1 aliphatic heterocycles. The molecule has 1 saturated heterocycles. The molecule has 0 aromatic carbocycles. The first-order valence-corrected chi connectivity index (χ1v) is 7.96. The Balaban J connectivity index is 1.92. The van der Waals surface area contributed by atoms with Crippen molar-refractivity contribution in [1.82, 2.24) is 24.2 Å². The van der Waals surface area contributed by atoms with Gasteiger partial charge in [0.25, 0.3) is 0 Å². The van der Waals surface area contributed by atoms with Gasteiger partial charge < -0.3 is 9.30 Å². The van der Waals surface area contributed by atoms with Gasteiger partial charge in [-0.1, -0.05) is 6.92 Å². The van der Waals surface area contributed by atoms with Crippen LogP contribution in [0.15, 0.2) is 0 Å². The zero-order valence-corrected chi connectivity index (χ0v) is 13.6. The van der Waals surface area contributed by atoms with E-state index >= 15 is 0 Å². The number of likely N-dealkylation sites (N-methyl/N-ethyl adjacent to an activating group) is 1. The molecule has 116 valence electrons. The normalized spacial score (nSPS) is 20.5. The van der Waals surface area contributed by atoms with Crippen LogP contribution >= 0.6 is 11.6 Å². The topological polar surface area (TPSA) is 48.1 Å². The van der Waals surface area contributed by atoms with E-state index in [0.717, 1.165) is 55.5 Å². The van der Waals surface area contributed by atoms with Crippen molar-refractivity contribution < 1.29 is 4.74 Å². The number of aryl methyl sites for hydroxylation is 2. The van der Waals surface area contributed by atoms with Gasteiger partial charge in [0.05, 0.1) is 30.8 Å². The maximum Gasteiger partial charge on any atom is 0.158 e. The van der Waals surface area contributed by atoms with E-state index in [4.69, 9.17) is 16.3 Å². The third-order valence-electron chi connectivity index (χ3n) is 4.14. The Labute approximate surface area is 129 Å². The number of ether oxygens (including phenoxy) is 1. The van der Waals surface area contributed by atoms with Gasteiger partial charge in [0, 0.05) is 20.1 Å². The highest BCUT2D eigenvalue weighted by atomic mass is 35.5. The summed E-state index contributed by atoms with van der Waals surface area (Å²) in [6.45, 7) is 8.76. The van der Waals surface area contributed by atoms with Gasteiger partial charge in [-0.3, -0.25) is 9.58 Å². The zero-order chi connectivity index (χ0) is 15.0. The minimum absolute atomic E-state index is 0.174. The molecule has 3 heterocycles. The highest BCUT2D eigenvalue weighted by molar-refractivity contribution is 6.16. The third kappa shape index (κ3) is 2.67. The van der Waals surface area contributed by atoms with Crippen molar-refractivity contribution >= 4 is 22.8 Å². The van der Waals surface area contributed by atoms with Crippen LogP contribution < -0.4 is 0 Å². The molecule has 1 atom stereocenters. The summed E-state index contributed by atoms with van der Waals surface area (Å²) in [5, 5.41) is 4.45. The van der Waals surface area contributed by atoms with E-state index in [0.29, 0.717) is 5.88 Å². The minimum atomic E-state index is 0.174. The summed E-state index contributed by atoms with van der Waals surface area (Å²) >= 11 is 6.07. The standard InChI is InChI=1S/C14H22ClN5O/c1-4-19-5-6-21-11(8-19)9-20-12(7-15)16-13-10(2)17-18(3)14(13)20/h11H,4-9H2,1-3H3. The number of morpholine rings is 1. The molecular weight excluding hydrogens is 290 g/mol. The molecule has 1 aliphatic rings. The van der Waals surface area contributed by atoms with Crippen LogP contribution in [0.25, 0.3) is 11.2 Å². The first-order valence-electron chi connectivity index (χ1n) is 7.42. The molecule has 21 heavy (non-hydrogen) atoms. The lowest BCUT2D eigenvalue weighted by Gasteiger charge is -2.32. The Bertz CT molecular complexity index is 635. The largest absolute Gasteiger partial charge is 0.374 e. The van der Waals surface area contributed by atoms with E-state index < -0.39 is 0 Å². The fourth-order valence-corrected chi connectivity index (χ4v) is 3.26. The number of aromatic nitrogens is 4. The van der Waals surface area contributed by atoms with Crippen molar-refractivity contribution in [3.63, 3.8) is 0 Å². The van der Waals surface area contributed by atoms with Gasteiger partial charge in [0.2, 0.25) is 0 Å². The second kappa shape index (κ2) is 5.94. The lowest BCUT2D eigenvalue weighted by atomic mass is 10.2. The summed E-state index contributed by atoms with van der Waals surface area (Å²) in [6, 6.07) is 0. The summed E-state index contributed by atoms with van der Waals surface area (Å²) in [5.74, 6) is 1.29. The van der Waals surface area contributed by atoms with Crippen molar-refractivity contribution in [3.8, 4) is 0 Å². The second-order valence-corrected chi connectivity index (χ2v) is 5.81. The lowest BCUT2D eigenvalue weighted by molar-refractivity contribution is -0.0341. The van der Waals surface area contributed by atoms with Crippen LogP contribution in [0.3, 0.4) is 0 Å². The van der Waals surface area contributed by atoms with Crippen molar-refractivity contribution in [2.24, 2.45) is 7.05 Å². The van der Waals surface area contributed by atoms with E-state index in [1.807, 2.05) is 18.7 Å². The van der Waals surface area contributed by atoms with E-state index in [9.17, 15) is 0 Å². The summed E-state index contributed by atoms with van der Waals surface area (Å²) in [4.78, 5) is 7.05. The molecule has 1 unspecified atom stereocenters. The third-order valence-corrected chi connectivity index (χ3v) is 4.38. The quantitative estimate of drug-likeness (QED) is 0.804. The van der Waals surface area contributed by atoms with E-state index in [1.165, 1.54) is 0 Å². The maximum atomic E-state index is 6.07. The van der Waals surface area contributed by atoms with E-state index in [2.05, 4.69) is 26.5 Å². The molecular formula is C14H22ClN5O. The van der Waals surface area contributed by atoms with Crippen LogP contribution in [0.2, 0.25) is 0 Å². The van der Waals surface area contributed by atoms with Gasteiger partial charge in [-0.05, 0) is 13.5 Å². The highest BCUT2D eigenvalue weighted by Crippen LogP contribution is 2.21. The minimum Gasteiger partial charge on any atom is -0.374 e. The predicted molar refractivity (Wildman–Crippen MR) is 82.6 cm³/mol. The van der Waals surface area contributed by atoms with Crippen LogP contribution in [0.4, 0.5) is 0 Å². The van der Waals surface area contributed by atoms with Crippen LogP contribution in [0.5, 0.6) is 0 Å². The number of hydrogen-bond acceptors (Lipinski definition) is 4. The summed E-state index contributed by atoms with van der Waals surface area (Å²) in [6.07, 6.45) is 0.174. The predicted octanol–water partition coefficient (Wildman–Crippen LogP) is 1.54. The SMILES string of the molecule is CCN1CCOC(Cn2c(CCl)nc3c(C)nn(C)c32)C1. The number of nitrogens with zero attached hydrogens (tertiary/aromatic N) is 5. The number of alkyl halides is 1. The molecule has 2 aromatic heterocycles. The van der Waals surface area contributed by atoms with E-state index in [1.54, 1.807) is 0 Å². The fraction of sp³-hybridized carbons (Fsp3) is 0.714. The van der Waals surface area contributed by atoms with Gasteiger partial charge in [-0.25, -0.2) is 4.98 Å². The molecule has 1 fully saturated rings. The Morgan fingerprint density at radius 1 is 1.43 bits per heavy atom. The molecule has 2 aromatic rings. The number of hydrogen-bond donors (Lipinski definition) is 0. The average Bonchev–Trinajstić information content (AvgIpc) is 2.98. The first kappa shape index (κ1) is 14.8. The van der Waals surface area contributed by atoms with Crippen molar-refractivity contribution in [2.75, 3.05) is 26.2 Å². The summed E-state index contributed by atoms with van der Waals surface area (Å²) < 4.78 is 9.96. The molecule has 0 saturated carbocycles. The van der Waals surface area contributed by atoms with Crippen LogP contribution in [-0.4, -0.2) is 56.6 Å². The molecule has 0 radical (unpaired) electrons. The average molecular weight is 312 g/mol. The van der Waals surface area contributed by atoms with Gasteiger partial charge in [-0.2, -0.15) is 5.10 Å². The van der Waals surface area contributed by atoms with Gasteiger partial charge >= 0.3 is 0 Å². The molecule has 3 rings (SSSR count). The maximum absolute atomic E-state index is 6.07. The van der Waals surface area contributed by atoms with Crippen LogP contribution in [0, 0.1) is 6.92 Å². The molecule has 0 amide bonds. The highest BCUT2D eigenvalue weighted by Gasteiger charge is 2.23. The van der Waals surface area contributed by atoms with Crippen molar-refractivity contribution in [3.05, 3.63) is 11.5 Å². The number of imidazole rings is 1. The first-order chi connectivity index (χ1) is 10.1. The molecule has 0 N–H and O–H groups in total. The van der Waals surface area contributed by atoms with Gasteiger partial charge in [0.15, 0.2) is 5.65 Å². The smallest absolute Gasteiger partial charge is 0.158 e. The Kier molecular flexibility index (Phi) is 4.19. The van der Waals surface area contributed by atoms with E-state index in [-0.39, 0.29) is 6.10 Å². The van der Waals surface area contributed by atoms with Crippen molar-refractivity contribution in [1.29, 1.82) is 0 Å². The van der Waals surface area contributed by atoms with Crippen LogP contribution in [-0.2, 0) is 24.2 Å². The molecule has 0 spiro atoms. The molecule has 0 aliphatic carbocycles. The second-order valence-electron chi connectivity index (χ2n) is 5.54. The van der Waals surface area contributed by atoms with Gasteiger partial charge in [0.1, 0.15) is 11.3 Å². The summed E-state index contributed by atoms with van der Waals surface area (Å²) in [5.41, 5.74) is 2.91. The zero-order valence-electron chi connectivity index (χ0n) is 12.8. The number of fused-ring (bicyclic) bond motifs is 1.